The van der Waals surface area contributed by atoms with E-state index in [1.807, 2.05) is 31.2 Å². The van der Waals surface area contributed by atoms with Crippen LogP contribution < -0.4 is 10.1 Å². The Morgan fingerprint density at radius 1 is 1.14 bits per heavy atom. The van der Waals surface area contributed by atoms with E-state index in [9.17, 15) is 4.39 Å². The molecule has 0 aliphatic heterocycles. The van der Waals surface area contributed by atoms with Gasteiger partial charge in [-0.25, -0.2) is 4.39 Å². The van der Waals surface area contributed by atoms with Gasteiger partial charge in [0, 0.05) is 12.6 Å². The molecule has 0 atom stereocenters. The van der Waals surface area contributed by atoms with Gasteiger partial charge in [-0.1, -0.05) is 12.1 Å². The Kier molecular flexibility index (Phi) is 3.93. The highest BCUT2D eigenvalue weighted by Gasteiger charge is 2.20. The molecule has 2 aromatic carbocycles. The second-order valence-electron chi connectivity index (χ2n) is 5.64. The summed E-state index contributed by atoms with van der Waals surface area (Å²) < 4.78 is 18.9. The maximum atomic E-state index is 13.7. The molecule has 2 nitrogen and oxygen atoms in total. The summed E-state index contributed by atoms with van der Waals surface area (Å²) in [4.78, 5) is 0. The highest BCUT2D eigenvalue weighted by molar-refractivity contribution is 5.71. The maximum absolute atomic E-state index is 13.7. The number of ether oxygens (including phenoxy) is 1. The molecule has 21 heavy (non-hydrogen) atoms. The molecular weight excluding hydrogens is 265 g/mol. The van der Waals surface area contributed by atoms with Crippen molar-refractivity contribution in [2.75, 3.05) is 7.11 Å². The first-order valence-corrected chi connectivity index (χ1v) is 7.34. The van der Waals surface area contributed by atoms with Gasteiger partial charge >= 0.3 is 0 Å². The molecule has 0 heterocycles. The minimum atomic E-state index is -0.199. The van der Waals surface area contributed by atoms with Gasteiger partial charge in [0.1, 0.15) is 11.6 Å². The normalized spacial score (nSPS) is 14.2. The van der Waals surface area contributed by atoms with Gasteiger partial charge < -0.3 is 10.1 Å². The molecule has 3 heteroatoms. The van der Waals surface area contributed by atoms with Gasteiger partial charge in [-0.2, -0.15) is 0 Å². The highest BCUT2D eigenvalue weighted by Crippen LogP contribution is 2.31. The quantitative estimate of drug-likeness (QED) is 0.894. The van der Waals surface area contributed by atoms with Crippen LogP contribution in [0.15, 0.2) is 36.4 Å². The highest BCUT2D eigenvalue weighted by atomic mass is 19.1. The van der Waals surface area contributed by atoms with Crippen molar-refractivity contribution < 1.29 is 9.13 Å². The van der Waals surface area contributed by atoms with Crippen LogP contribution in [0.4, 0.5) is 4.39 Å². The summed E-state index contributed by atoms with van der Waals surface area (Å²) in [7, 11) is 1.65. The van der Waals surface area contributed by atoms with Crippen LogP contribution in [0.2, 0.25) is 0 Å². The Morgan fingerprint density at radius 2 is 1.95 bits per heavy atom. The van der Waals surface area contributed by atoms with Crippen LogP contribution in [0.25, 0.3) is 11.1 Å². The van der Waals surface area contributed by atoms with Gasteiger partial charge in [0.25, 0.3) is 0 Å². The molecule has 0 bridgehead atoms. The van der Waals surface area contributed by atoms with Crippen molar-refractivity contribution in [2.45, 2.75) is 32.4 Å². The fourth-order valence-corrected chi connectivity index (χ4v) is 2.56. The van der Waals surface area contributed by atoms with Crippen molar-refractivity contribution in [3.63, 3.8) is 0 Å². The third kappa shape index (κ3) is 3.24. The van der Waals surface area contributed by atoms with Crippen LogP contribution in [-0.4, -0.2) is 13.2 Å². The number of halogens is 1. The van der Waals surface area contributed by atoms with Gasteiger partial charge in [-0.15, -0.1) is 0 Å². The number of nitrogens with one attached hydrogen (secondary N) is 1. The van der Waals surface area contributed by atoms with E-state index in [0.717, 1.165) is 34.5 Å². The molecule has 1 aliphatic rings. The maximum Gasteiger partial charge on any atom is 0.123 e. The summed E-state index contributed by atoms with van der Waals surface area (Å²) in [5.74, 6) is 0.626. The first kappa shape index (κ1) is 14.1. The van der Waals surface area contributed by atoms with E-state index < -0.39 is 0 Å². The summed E-state index contributed by atoms with van der Waals surface area (Å²) >= 11 is 0. The van der Waals surface area contributed by atoms with Crippen LogP contribution in [0, 0.1) is 12.7 Å². The van der Waals surface area contributed by atoms with Crippen molar-refractivity contribution in [1.29, 1.82) is 0 Å². The van der Waals surface area contributed by atoms with Crippen molar-refractivity contribution in [3.05, 3.63) is 53.3 Å². The van der Waals surface area contributed by atoms with Crippen LogP contribution in [0.1, 0.15) is 24.0 Å². The summed E-state index contributed by atoms with van der Waals surface area (Å²) in [6, 6.07) is 11.6. The molecule has 1 aliphatic carbocycles. The number of benzene rings is 2. The van der Waals surface area contributed by atoms with Gasteiger partial charge in [0.2, 0.25) is 0 Å². The largest absolute Gasteiger partial charge is 0.497 e. The lowest BCUT2D eigenvalue weighted by Gasteiger charge is -2.14. The summed E-state index contributed by atoms with van der Waals surface area (Å²) in [6.07, 6.45) is 2.50. The Morgan fingerprint density at radius 3 is 2.62 bits per heavy atom. The average molecular weight is 285 g/mol. The van der Waals surface area contributed by atoms with E-state index in [1.54, 1.807) is 13.2 Å². The van der Waals surface area contributed by atoms with Gasteiger partial charge in [0.05, 0.1) is 7.11 Å². The molecule has 3 rings (SSSR count). The second-order valence-corrected chi connectivity index (χ2v) is 5.64. The minimum absolute atomic E-state index is 0.199. The SMILES string of the molecule is COc1ccc(-c2cc(F)ccc2CNC2CC2)c(C)c1. The van der Waals surface area contributed by atoms with Crippen molar-refractivity contribution in [3.8, 4) is 16.9 Å². The number of hydrogen-bond donors (Lipinski definition) is 1. The Bertz CT molecular complexity index is 650. The molecule has 1 saturated carbocycles. The molecule has 0 aromatic heterocycles. The summed E-state index contributed by atoms with van der Waals surface area (Å²) in [5, 5.41) is 3.50. The Labute approximate surface area is 125 Å². The van der Waals surface area contributed by atoms with Gasteiger partial charge in [0.15, 0.2) is 0 Å². The lowest BCUT2D eigenvalue weighted by Crippen LogP contribution is -2.16. The summed E-state index contributed by atoms with van der Waals surface area (Å²) in [5.41, 5.74) is 4.25. The molecular formula is C18H20FNO. The van der Waals surface area contributed by atoms with E-state index in [0.29, 0.717) is 6.04 Å². The molecule has 0 radical (unpaired) electrons. The number of aryl methyl sites for hydroxylation is 1. The zero-order valence-electron chi connectivity index (χ0n) is 12.4. The number of hydrogen-bond acceptors (Lipinski definition) is 2. The van der Waals surface area contributed by atoms with Crippen LogP contribution >= 0.6 is 0 Å². The van der Waals surface area contributed by atoms with Crippen LogP contribution in [0.3, 0.4) is 0 Å². The third-order valence-corrected chi connectivity index (χ3v) is 3.95. The predicted octanol–water partition coefficient (Wildman–Crippen LogP) is 4.06. The van der Waals surface area contributed by atoms with Crippen LogP contribution in [-0.2, 0) is 6.54 Å². The predicted molar refractivity (Wildman–Crippen MR) is 83.0 cm³/mol. The molecule has 0 spiro atoms. The van der Waals surface area contributed by atoms with Gasteiger partial charge in [-0.3, -0.25) is 0 Å². The smallest absolute Gasteiger partial charge is 0.123 e. The van der Waals surface area contributed by atoms with Crippen molar-refractivity contribution in [1.82, 2.24) is 5.32 Å². The van der Waals surface area contributed by atoms with Crippen molar-refractivity contribution >= 4 is 0 Å². The molecule has 0 unspecified atom stereocenters. The Balaban J connectivity index is 1.96. The standard InChI is InChI=1S/C18H20FNO/c1-12-9-16(21-2)7-8-17(12)18-10-14(19)4-3-13(18)11-20-15-5-6-15/h3-4,7-10,15,20H,5-6,11H2,1-2H3. The zero-order valence-corrected chi connectivity index (χ0v) is 12.4. The fraction of sp³-hybridized carbons (Fsp3) is 0.333. The van der Waals surface area contributed by atoms with Crippen LogP contribution in [0.5, 0.6) is 5.75 Å². The average Bonchev–Trinajstić information content (AvgIpc) is 3.30. The van der Waals surface area contributed by atoms with E-state index in [4.69, 9.17) is 4.74 Å². The van der Waals surface area contributed by atoms with Crippen molar-refractivity contribution in [2.24, 2.45) is 0 Å². The first-order chi connectivity index (χ1) is 10.2. The number of rotatable bonds is 5. The molecule has 0 amide bonds. The lowest BCUT2D eigenvalue weighted by atomic mass is 9.95. The second kappa shape index (κ2) is 5.86. The van der Waals surface area contributed by atoms with E-state index in [2.05, 4.69) is 5.32 Å². The Hall–Kier alpha value is -1.87. The van der Waals surface area contributed by atoms with Gasteiger partial charge in [-0.05, 0) is 66.3 Å². The molecule has 0 saturated heterocycles. The molecule has 1 N–H and O–H groups in total. The third-order valence-electron chi connectivity index (χ3n) is 3.95. The lowest BCUT2D eigenvalue weighted by molar-refractivity contribution is 0.414. The zero-order chi connectivity index (χ0) is 14.8. The van der Waals surface area contributed by atoms with E-state index in [-0.39, 0.29) is 5.82 Å². The molecule has 2 aromatic rings. The van der Waals surface area contributed by atoms with E-state index >= 15 is 0 Å². The number of methoxy groups -OCH3 is 1. The topological polar surface area (TPSA) is 21.3 Å². The molecule has 1 fully saturated rings. The monoisotopic (exact) mass is 285 g/mol. The summed E-state index contributed by atoms with van der Waals surface area (Å²) in [6.45, 7) is 2.81. The molecule has 110 valence electrons. The first-order valence-electron chi connectivity index (χ1n) is 7.34. The van der Waals surface area contributed by atoms with E-state index in [1.165, 1.54) is 18.9 Å². The minimum Gasteiger partial charge on any atom is -0.497 e. The fourth-order valence-electron chi connectivity index (χ4n) is 2.56.